The van der Waals surface area contributed by atoms with Crippen molar-refractivity contribution in [2.45, 2.75) is 31.3 Å². The molecule has 2 N–H and O–H groups in total. The Morgan fingerprint density at radius 3 is 2.91 bits per heavy atom. The van der Waals surface area contributed by atoms with Crippen LogP contribution in [0.3, 0.4) is 0 Å². The first kappa shape index (κ1) is 13.3. The van der Waals surface area contributed by atoms with Gasteiger partial charge in [0.1, 0.15) is 11.2 Å². The van der Waals surface area contributed by atoms with Gasteiger partial charge in [-0.2, -0.15) is 4.98 Å². The molecular weight excluding hydrogens is 282 g/mol. The van der Waals surface area contributed by atoms with Gasteiger partial charge in [0.05, 0.1) is 5.52 Å². The van der Waals surface area contributed by atoms with Crippen molar-refractivity contribution < 1.29 is 9.26 Å². The smallest absolute Gasteiger partial charge is 0.264 e. The highest BCUT2D eigenvalue weighted by atomic mass is 16.5. The monoisotopic (exact) mass is 299 g/mol. The van der Waals surface area contributed by atoms with Gasteiger partial charge in [0.25, 0.3) is 5.89 Å². The molecule has 3 aromatic heterocycles. The molecule has 22 heavy (non-hydrogen) atoms. The Morgan fingerprint density at radius 1 is 1.32 bits per heavy atom. The number of rotatable bonds is 3. The molecule has 1 saturated carbocycles. The van der Waals surface area contributed by atoms with E-state index in [4.69, 9.17) is 15.0 Å². The fourth-order valence-electron chi connectivity index (χ4n) is 3.21. The molecule has 0 saturated heterocycles. The highest BCUT2D eigenvalue weighted by Crippen LogP contribution is 2.41. The molecule has 1 fully saturated rings. The first-order valence-electron chi connectivity index (χ1n) is 7.36. The predicted octanol–water partition coefficient (Wildman–Crippen LogP) is 2.38. The van der Waals surface area contributed by atoms with E-state index in [-0.39, 0.29) is 0 Å². The van der Waals surface area contributed by atoms with Crippen LogP contribution < -0.4 is 5.73 Å². The summed E-state index contributed by atoms with van der Waals surface area (Å²) in [5.41, 5.74) is 7.10. The summed E-state index contributed by atoms with van der Waals surface area (Å²) in [7, 11) is 1.70. The topological polar surface area (TPSA) is 91.5 Å². The summed E-state index contributed by atoms with van der Waals surface area (Å²) in [6.45, 7) is 0. The lowest BCUT2D eigenvalue weighted by molar-refractivity contribution is -0.0178. The molecule has 114 valence electrons. The van der Waals surface area contributed by atoms with Crippen molar-refractivity contribution >= 4 is 11.3 Å². The van der Waals surface area contributed by atoms with E-state index in [1.54, 1.807) is 11.6 Å². The maximum atomic E-state index is 6.02. The second-order valence-corrected chi connectivity index (χ2v) is 5.62. The van der Waals surface area contributed by atoms with Gasteiger partial charge in [0.15, 0.2) is 5.82 Å². The van der Waals surface area contributed by atoms with E-state index in [0.717, 1.165) is 31.2 Å². The standard InChI is InChI=1S/C15H17N5O2/c1-21-15(7-3-4-8-15)14-17-13(22-19-14)11-10-6-2-5-9-20(10)18-12(11)16/h2,5-6,9H,3-4,7-8H2,1H3,(H2,16,18). The number of hydrogen-bond donors (Lipinski definition) is 1. The normalized spacial score (nSPS) is 17.3. The summed E-state index contributed by atoms with van der Waals surface area (Å²) in [6, 6.07) is 5.73. The molecule has 3 aromatic rings. The van der Waals surface area contributed by atoms with Crippen molar-refractivity contribution in [3.8, 4) is 11.5 Å². The van der Waals surface area contributed by atoms with Gasteiger partial charge >= 0.3 is 0 Å². The first-order chi connectivity index (χ1) is 10.7. The number of ether oxygens (including phenoxy) is 1. The Morgan fingerprint density at radius 2 is 2.14 bits per heavy atom. The molecule has 7 nitrogen and oxygen atoms in total. The number of methoxy groups -OCH3 is 1. The van der Waals surface area contributed by atoms with E-state index in [1.807, 2.05) is 24.4 Å². The molecule has 7 heteroatoms. The average Bonchev–Trinajstić information content (AvgIpc) is 3.24. The minimum absolute atomic E-state index is 0.374. The zero-order valence-corrected chi connectivity index (χ0v) is 12.3. The molecule has 0 amide bonds. The zero-order valence-electron chi connectivity index (χ0n) is 12.3. The molecule has 0 atom stereocenters. The van der Waals surface area contributed by atoms with E-state index in [2.05, 4.69) is 15.2 Å². The number of nitrogens with two attached hydrogens (primary N) is 1. The highest BCUT2D eigenvalue weighted by molar-refractivity contribution is 5.84. The van der Waals surface area contributed by atoms with Gasteiger partial charge in [0.2, 0.25) is 5.82 Å². The lowest BCUT2D eigenvalue weighted by Crippen LogP contribution is -2.25. The van der Waals surface area contributed by atoms with Crippen molar-refractivity contribution in [1.29, 1.82) is 0 Å². The Hall–Kier alpha value is -2.41. The van der Waals surface area contributed by atoms with E-state index < -0.39 is 5.60 Å². The van der Waals surface area contributed by atoms with Crippen molar-refractivity contribution in [2.75, 3.05) is 12.8 Å². The van der Waals surface area contributed by atoms with Crippen molar-refractivity contribution in [2.24, 2.45) is 0 Å². The zero-order chi connectivity index (χ0) is 15.2. The number of nitrogen functional groups attached to an aromatic ring is 1. The third-order valence-electron chi connectivity index (χ3n) is 4.42. The second-order valence-electron chi connectivity index (χ2n) is 5.62. The number of anilines is 1. The quantitative estimate of drug-likeness (QED) is 0.798. The summed E-state index contributed by atoms with van der Waals surface area (Å²) >= 11 is 0. The summed E-state index contributed by atoms with van der Waals surface area (Å²) in [5.74, 6) is 1.36. The van der Waals surface area contributed by atoms with Crippen LogP contribution in [0.25, 0.3) is 17.0 Å². The molecule has 0 aromatic carbocycles. The minimum Gasteiger partial charge on any atom is -0.382 e. The highest BCUT2D eigenvalue weighted by Gasteiger charge is 2.40. The number of hydrogen-bond acceptors (Lipinski definition) is 6. The van der Waals surface area contributed by atoms with Gasteiger partial charge in [0, 0.05) is 13.3 Å². The van der Waals surface area contributed by atoms with E-state index >= 15 is 0 Å². The summed E-state index contributed by atoms with van der Waals surface area (Å²) in [5, 5.41) is 8.41. The van der Waals surface area contributed by atoms with Crippen molar-refractivity contribution in [1.82, 2.24) is 19.8 Å². The Kier molecular flexibility index (Phi) is 2.90. The fourth-order valence-corrected chi connectivity index (χ4v) is 3.21. The number of pyridine rings is 1. The van der Waals surface area contributed by atoms with Gasteiger partial charge in [-0.05, 0) is 37.8 Å². The molecule has 0 unspecified atom stereocenters. The third-order valence-corrected chi connectivity index (χ3v) is 4.42. The number of fused-ring (bicyclic) bond motifs is 1. The molecule has 0 radical (unpaired) electrons. The van der Waals surface area contributed by atoms with Crippen LogP contribution in [0, 0.1) is 0 Å². The number of nitrogens with zero attached hydrogens (tertiary/aromatic N) is 4. The maximum absolute atomic E-state index is 6.02. The fraction of sp³-hybridized carbons (Fsp3) is 0.400. The second kappa shape index (κ2) is 4.81. The molecule has 3 heterocycles. The Bertz CT molecular complexity index is 816. The van der Waals surface area contributed by atoms with Crippen LogP contribution in [0.15, 0.2) is 28.9 Å². The van der Waals surface area contributed by atoms with E-state index in [0.29, 0.717) is 23.1 Å². The van der Waals surface area contributed by atoms with Gasteiger partial charge < -0.3 is 15.0 Å². The van der Waals surface area contributed by atoms with Gasteiger partial charge in [-0.15, -0.1) is 5.10 Å². The van der Waals surface area contributed by atoms with Crippen LogP contribution in [-0.2, 0) is 10.3 Å². The predicted molar refractivity (Wildman–Crippen MR) is 80.1 cm³/mol. The Balaban J connectivity index is 1.82. The molecular formula is C15H17N5O2. The molecule has 0 bridgehead atoms. The van der Waals surface area contributed by atoms with Crippen LogP contribution >= 0.6 is 0 Å². The molecule has 1 aliphatic carbocycles. The van der Waals surface area contributed by atoms with Crippen LogP contribution in [0.1, 0.15) is 31.5 Å². The van der Waals surface area contributed by atoms with Crippen molar-refractivity contribution in [3.63, 3.8) is 0 Å². The summed E-state index contributed by atoms with van der Waals surface area (Å²) in [4.78, 5) is 4.55. The molecule has 0 aliphatic heterocycles. The van der Waals surface area contributed by atoms with Crippen LogP contribution in [-0.4, -0.2) is 26.9 Å². The van der Waals surface area contributed by atoms with Crippen LogP contribution in [0.2, 0.25) is 0 Å². The van der Waals surface area contributed by atoms with Crippen LogP contribution in [0.5, 0.6) is 0 Å². The average molecular weight is 299 g/mol. The number of aromatic nitrogens is 4. The molecule has 4 rings (SSSR count). The van der Waals surface area contributed by atoms with Gasteiger partial charge in [-0.25, -0.2) is 4.52 Å². The van der Waals surface area contributed by atoms with Crippen LogP contribution in [0.4, 0.5) is 5.82 Å². The summed E-state index contributed by atoms with van der Waals surface area (Å²) in [6.07, 6.45) is 5.87. The van der Waals surface area contributed by atoms with E-state index in [1.165, 1.54) is 0 Å². The van der Waals surface area contributed by atoms with Gasteiger partial charge in [-0.3, -0.25) is 0 Å². The Labute approximate surface area is 127 Å². The van der Waals surface area contributed by atoms with Gasteiger partial charge in [-0.1, -0.05) is 11.2 Å². The molecule has 0 spiro atoms. The maximum Gasteiger partial charge on any atom is 0.264 e. The largest absolute Gasteiger partial charge is 0.382 e. The first-order valence-corrected chi connectivity index (χ1v) is 7.36. The third kappa shape index (κ3) is 1.82. The SMILES string of the molecule is COC1(c2noc(-c3c(N)nn4ccccc34)n2)CCCC1. The minimum atomic E-state index is -0.431. The van der Waals surface area contributed by atoms with E-state index in [9.17, 15) is 0 Å². The molecule has 1 aliphatic rings. The lowest BCUT2D eigenvalue weighted by atomic mass is 10.0. The van der Waals surface area contributed by atoms with Crippen molar-refractivity contribution in [3.05, 3.63) is 30.2 Å². The summed E-state index contributed by atoms with van der Waals surface area (Å²) < 4.78 is 12.9. The lowest BCUT2D eigenvalue weighted by Gasteiger charge is -2.22.